The summed E-state index contributed by atoms with van der Waals surface area (Å²) in [5.74, 6) is -0.790. The second-order valence-corrected chi connectivity index (χ2v) is 1.97. The minimum absolute atomic E-state index is 0.172. The van der Waals surface area contributed by atoms with Crippen molar-refractivity contribution in [1.29, 1.82) is 0 Å². The molecule has 62 valence electrons. The third-order valence-electron chi connectivity index (χ3n) is 1.04. The van der Waals surface area contributed by atoms with E-state index in [-0.39, 0.29) is 6.42 Å². The van der Waals surface area contributed by atoms with Crippen molar-refractivity contribution in [2.75, 3.05) is 0 Å². The molecule has 0 aliphatic rings. The van der Waals surface area contributed by atoms with Crippen LogP contribution in [0.15, 0.2) is 12.3 Å². The van der Waals surface area contributed by atoms with Crippen molar-refractivity contribution in [1.82, 2.24) is 5.32 Å². The van der Waals surface area contributed by atoms with Crippen molar-refractivity contribution >= 4 is 12.4 Å². The normalized spacial score (nSPS) is 9.82. The monoisotopic (exact) mass is 157 g/mol. The summed E-state index contributed by atoms with van der Waals surface area (Å²) in [6.45, 7) is 0. The molecule has 4 heteroatoms. The van der Waals surface area contributed by atoms with Gasteiger partial charge in [-0.2, -0.15) is 0 Å². The van der Waals surface area contributed by atoms with Crippen LogP contribution in [0.25, 0.3) is 0 Å². The molecule has 4 nitrogen and oxygen atoms in total. The van der Waals surface area contributed by atoms with Gasteiger partial charge in [-0.15, -0.1) is 0 Å². The first kappa shape index (κ1) is 9.68. The van der Waals surface area contributed by atoms with Crippen molar-refractivity contribution in [2.24, 2.45) is 0 Å². The predicted molar refractivity (Wildman–Crippen MR) is 39.8 cm³/mol. The third-order valence-corrected chi connectivity index (χ3v) is 1.04. The number of amides is 1. The Hall–Kier alpha value is -1.32. The maximum Gasteiger partial charge on any atom is 0.303 e. The van der Waals surface area contributed by atoms with E-state index in [1.807, 2.05) is 0 Å². The zero-order chi connectivity index (χ0) is 8.53. The molecule has 0 unspecified atom stereocenters. The highest BCUT2D eigenvalue weighted by Gasteiger charge is 1.92. The van der Waals surface area contributed by atoms with E-state index in [9.17, 15) is 9.59 Å². The molecular formula is C7H11NO3. The molecule has 0 bridgehead atoms. The van der Waals surface area contributed by atoms with Crippen molar-refractivity contribution in [3.63, 3.8) is 0 Å². The van der Waals surface area contributed by atoms with Crippen LogP contribution in [0.4, 0.5) is 0 Å². The van der Waals surface area contributed by atoms with Crippen LogP contribution in [-0.2, 0) is 9.59 Å². The molecule has 0 fully saturated rings. The Bertz CT molecular complexity index is 154. The lowest BCUT2D eigenvalue weighted by molar-refractivity contribution is -0.137. The molecule has 0 atom stereocenters. The largest absolute Gasteiger partial charge is 0.481 e. The van der Waals surface area contributed by atoms with Gasteiger partial charge in [0.05, 0.1) is 0 Å². The molecule has 0 heterocycles. The van der Waals surface area contributed by atoms with Crippen molar-refractivity contribution in [3.8, 4) is 0 Å². The van der Waals surface area contributed by atoms with Gasteiger partial charge >= 0.3 is 5.97 Å². The zero-order valence-corrected chi connectivity index (χ0v) is 6.12. The quantitative estimate of drug-likeness (QED) is 0.436. The van der Waals surface area contributed by atoms with Gasteiger partial charge in [0.15, 0.2) is 0 Å². The number of carbonyl (C=O) groups excluding carboxylic acids is 1. The van der Waals surface area contributed by atoms with Gasteiger partial charge in [-0.1, -0.05) is 6.08 Å². The Morgan fingerprint density at radius 2 is 2.27 bits per heavy atom. The van der Waals surface area contributed by atoms with Gasteiger partial charge in [0.2, 0.25) is 6.41 Å². The minimum Gasteiger partial charge on any atom is -0.481 e. The summed E-state index contributed by atoms with van der Waals surface area (Å²) in [4.78, 5) is 19.7. The Morgan fingerprint density at radius 1 is 1.55 bits per heavy atom. The number of hydrogen-bond acceptors (Lipinski definition) is 2. The highest BCUT2D eigenvalue weighted by atomic mass is 16.4. The van der Waals surface area contributed by atoms with E-state index in [2.05, 4.69) is 5.32 Å². The Kier molecular flexibility index (Phi) is 5.98. The van der Waals surface area contributed by atoms with E-state index in [1.54, 1.807) is 6.08 Å². The van der Waals surface area contributed by atoms with Gasteiger partial charge in [0, 0.05) is 6.42 Å². The van der Waals surface area contributed by atoms with Crippen LogP contribution >= 0.6 is 0 Å². The first-order valence-corrected chi connectivity index (χ1v) is 3.34. The summed E-state index contributed by atoms with van der Waals surface area (Å²) in [5.41, 5.74) is 0. The first-order chi connectivity index (χ1) is 5.27. The van der Waals surface area contributed by atoms with Gasteiger partial charge in [0.25, 0.3) is 0 Å². The smallest absolute Gasteiger partial charge is 0.303 e. The molecule has 1 amide bonds. The molecule has 0 radical (unpaired) electrons. The van der Waals surface area contributed by atoms with Crippen molar-refractivity contribution in [3.05, 3.63) is 12.3 Å². The van der Waals surface area contributed by atoms with Crippen LogP contribution in [-0.4, -0.2) is 17.5 Å². The third kappa shape index (κ3) is 8.68. The van der Waals surface area contributed by atoms with E-state index in [0.717, 1.165) is 0 Å². The molecule has 0 aliphatic carbocycles. The molecule has 0 spiro atoms. The van der Waals surface area contributed by atoms with Crippen LogP contribution in [0.2, 0.25) is 0 Å². The SMILES string of the molecule is O=CN/C=C\CCCC(=O)O. The Labute approximate surface area is 64.9 Å². The zero-order valence-electron chi connectivity index (χ0n) is 6.12. The molecule has 0 rings (SSSR count). The van der Waals surface area contributed by atoms with Gasteiger partial charge in [-0.25, -0.2) is 0 Å². The molecule has 0 aromatic carbocycles. The lowest BCUT2D eigenvalue weighted by Gasteiger charge is -1.89. The molecule has 2 N–H and O–H groups in total. The standard InChI is InChI=1S/C7H11NO3/c9-6-8-5-3-1-2-4-7(10)11/h3,5-6H,1-2,4H2,(H,8,9)(H,10,11)/b5-3-. The summed E-state index contributed by atoms with van der Waals surface area (Å²) < 4.78 is 0. The molecule has 0 saturated carbocycles. The molecule has 0 saturated heterocycles. The highest BCUT2D eigenvalue weighted by Crippen LogP contribution is 1.94. The second-order valence-electron chi connectivity index (χ2n) is 1.97. The summed E-state index contributed by atoms with van der Waals surface area (Å²) in [6, 6.07) is 0. The Morgan fingerprint density at radius 3 is 2.82 bits per heavy atom. The number of aliphatic carboxylic acids is 1. The van der Waals surface area contributed by atoms with Crippen LogP contribution < -0.4 is 5.32 Å². The maximum absolute atomic E-state index is 9.99. The number of carboxylic acid groups (broad SMARTS) is 1. The molecule has 0 aromatic rings. The summed E-state index contributed by atoms with van der Waals surface area (Å²) in [6.07, 6.45) is 5.23. The lowest BCUT2D eigenvalue weighted by atomic mass is 10.2. The van der Waals surface area contributed by atoms with Crippen LogP contribution in [0, 0.1) is 0 Å². The van der Waals surface area contributed by atoms with Crippen molar-refractivity contribution < 1.29 is 14.7 Å². The molecular weight excluding hydrogens is 146 g/mol. The summed E-state index contributed by atoms with van der Waals surface area (Å²) in [7, 11) is 0. The van der Waals surface area contributed by atoms with Crippen LogP contribution in [0.5, 0.6) is 0 Å². The first-order valence-electron chi connectivity index (χ1n) is 3.34. The number of carbonyl (C=O) groups is 2. The second kappa shape index (κ2) is 6.80. The van der Waals surface area contributed by atoms with E-state index >= 15 is 0 Å². The fourth-order valence-electron chi connectivity index (χ4n) is 0.562. The minimum atomic E-state index is -0.790. The molecule has 0 aliphatic heterocycles. The maximum atomic E-state index is 9.99. The molecule has 11 heavy (non-hydrogen) atoms. The number of carboxylic acids is 1. The molecule has 0 aromatic heterocycles. The highest BCUT2D eigenvalue weighted by molar-refractivity contribution is 5.66. The van der Waals surface area contributed by atoms with Gasteiger partial charge in [0.1, 0.15) is 0 Å². The van der Waals surface area contributed by atoms with E-state index in [4.69, 9.17) is 5.11 Å². The summed E-state index contributed by atoms with van der Waals surface area (Å²) in [5, 5.41) is 10.5. The number of rotatable bonds is 6. The number of unbranched alkanes of at least 4 members (excludes halogenated alkanes) is 1. The van der Waals surface area contributed by atoms with E-state index in [1.165, 1.54) is 6.20 Å². The predicted octanol–water partition coefficient (Wildman–Crippen LogP) is 0.501. The topological polar surface area (TPSA) is 66.4 Å². The lowest BCUT2D eigenvalue weighted by Crippen LogP contribution is -1.98. The average molecular weight is 157 g/mol. The fourth-order valence-corrected chi connectivity index (χ4v) is 0.562. The number of allylic oxidation sites excluding steroid dienone is 1. The van der Waals surface area contributed by atoms with Gasteiger partial charge in [-0.05, 0) is 19.0 Å². The Balaban J connectivity index is 3.13. The van der Waals surface area contributed by atoms with Gasteiger partial charge in [-0.3, -0.25) is 9.59 Å². The fraction of sp³-hybridized carbons (Fsp3) is 0.429. The van der Waals surface area contributed by atoms with E-state index < -0.39 is 5.97 Å². The summed E-state index contributed by atoms with van der Waals surface area (Å²) >= 11 is 0. The average Bonchev–Trinajstić information content (AvgIpc) is 1.96. The number of hydrogen-bond donors (Lipinski definition) is 2. The van der Waals surface area contributed by atoms with Crippen LogP contribution in [0.1, 0.15) is 19.3 Å². The van der Waals surface area contributed by atoms with E-state index in [0.29, 0.717) is 19.3 Å². The van der Waals surface area contributed by atoms with Crippen LogP contribution in [0.3, 0.4) is 0 Å². The van der Waals surface area contributed by atoms with Gasteiger partial charge < -0.3 is 10.4 Å². The number of nitrogens with one attached hydrogen (secondary N) is 1. The van der Waals surface area contributed by atoms with Crippen molar-refractivity contribution in [2.45, 2.75) is 19.3 Å².